The summed E-state index contributed by atoms with van der Waals surface area (Å²) in [6.45, 7) is 0. The van der Waals surface area contributed by atoms with E-state index in [1.165, 1.54) is 7.05 Å². The Balaban J connectivity index is 2.80. The fraction of sp³-hybridized carbons (Fsp3) is 0.333. The van der Waals surface area contributed by atoms with Gasteiger partial charge in [-0.05, 0) is 12.6 Å². The molecular formula is C9H11F2N. The first-order valence-corrected chi connectivity index (χ1v) is 3.76. The fourth-order valence-electron chi connectivity index (χ4n) is 1.10. The number of halogens is 2. The lowest BCUT2D eigenvalue weighted by atomic mass is 10.1. The molecule has 1 aromatic rings. The van der Waals surface area contributed by atoms with E-state index in [4.69, 9.17) is 0 Å². The van der Waals surface area contributed by atoms with Crippen LogP contribution in [0, 0.1) is 0 Å². The average Bonchev–Trinajstić information content (AvgIpc) is 2.07. The van der Waals surface area contributed by atoms with Crippen molar-refractivity contribution in [1.82, 2.24) is 5.32 Å². The van der Waals surface area contributed by atoms with Gasteiger partial charge in [0.2, 0.25) is 0 Å². The molecule has 1 rings (SSSR count). The maximum atomic E-state index is 12.3. The Morgan fingerprint density at radius 2 is 1.75 bits per heavy atom. The number of nitrogens with one attached hydrogen (secondary N) is 1. The Morgan fingerprint density at radius 1 is 1.17 bits per heavy atom. The summed E-state index contributed by atoms with van der Waals surface area (Å²) >= 11 is 0. The van der Waals surface area contributed by atoms with Crippen LogP contribution in [0.4, 0.5) is 8.78 Å². The van der Waals surface area contributed by atoms with Gasteiger partial charge in [0.1, 0.15) is 0 Å². The van der Waals surface area contributed by atoms with Crippen molar-refractivity contribution >= 4 is 0 Å². The molecule has 0 bridgehead atoms. The van der Waals surface area contributed by atoms with Crippen LogP contribution in [-0.2, 0) is 0 Å². The highest BCUT2D eigenvalue weighted by Crippen LogP contribution is 2.19. The van der Waals surface area contributed by atoms with Gasteiger partial charge in [-0.3, -0.25) is 0 Å². The molecule has 0 saturated carbocycles. The molecule has 0 aliphatic heterocycles. The minimum absolute atomic E-state index is 0.620. The van der Waals surface area contributed by atoms with Crippen LogP contribution < -0.4 is 5.32 Å². The van der Waals surface area contributed by atoms with Crippen molar-refractivity contribution < 1.29 is 8.78 Å². The lowest BCUT2D eigenvalue weighted by Crippen LogP contribution is -2.23. The Bertz CT molecular complexity index is 223. The third kappa shape index (κ3) is 2.01. The van der Waals surface area contributed by atoms with Crippen molar-refractivity contribution in [1.29, 1.82) is 0 Å². The van der Waals surface area contributed by atoms with Gasteiger partial charge < -0.3 is 5.32 Å². The first kappa shape index (κ1) is 9.13. The van der Waals surface area contributed by atoms with Gasteiger partial charge in [0.25, 0.3) is 6.43 Å². The normalized spacial score (nSPS) is 13.3. The van der Waals surface area contributed by atoms with Crippen molar-refractivity contribution in [2.45, 2.75) is 12.5 Å². The van der Waals surface area contributed by atoms with E-state index in [2.05, 4.69) is 5.32 Å². The van der Waals surface area contributed by atoms with E-state index in [9.17, 15) is 8.78 Å². The van der Waals surface area contributed by atoms with Crippen molar-refractivity contribution in [2.24, 2.45) is 0 Å². The van der Waals surface area contributed by atoms with Gasteiger partial charge in [0.15, 0.2) is 0 Å². The molecule has 0 amide bonds. The molecule has 0 fully saturated rings. The maximum absolute atomic E-state index is 12.3. The summed E-state index contributed by atoms with van der Waals surface area (Å²) in [5.41, 5.74) is 0.620. The molecule has 0 aliphatic carbocycles. The second-order valence-electron chi connectivity index (χ2n) is 2.51. The predicted octanol–water partition coefficient (Wildman–Crippen LogP) is 2.21. The zero-order valence-corrected chi connectivity index (χ0v) is 6.80. The van der Waals surface area contributed by atoms with Gasteiger partial charge in [-0.1, -0.05) is 30.3 Å². The Labute approximate surface area is 70.4 Å². The SMILES string of the molecule is CNC(c1ccccc1)C(F)F. The molecule has 0 saturated heterocycles. The smallest absolute Gasteiger partial charge is 0.257 e. The van der Waals surface area contributed by atoms with Crippen LogP contribution in [0.15, 0.2) is 30.3 Å². The molecule has 0 radical (unpaired) electrons. The second kappa shape index (κ2) is 4.16. The molecule has 1 nitrogen and oxygen atoms in total. The molecule has 1 aromatic carbocycles. The third-order valence-electron chi connectivity index (χ3n) is 1.72. The summed E-state index contributed by atoms with van der Waals surface area (Å²) in [5, 5.41) is 2.57. The molecule has 1 atom stereocenters. The summed E-state index contributed by atoms with van der Waals surface area (Å²) in [6, 6.07) is 7.83. The molecule has 1 N–H and O–H groups in total. The van der Waals surface area contributed by atoms with Gasteiger partial charge >= 0.3 is 0 Å². The number of hydrogen-bond donors (Lipinski definition) is 1. The molecule has 1 unspecified atom stereocenters. The van der Waals surface area contributed by atoms with Crippen LogP contribution in [0.3, 0.4) is 0 Å². The van der Waals surface area contributed by atoms with Crippen molar-refractivity contribution in [2.75, 3.05) is 7.05 Å². The van der Waals surface area contributed by atoms with E-state index >= 15 is 0 Å². The molecule has 0 aliphatic rings. The van der Waals surface area contributed by atoms with Crippen LogP contribution in [0.5, 0.6) is 0 Å². The summed E-state index contributed by atoms with van der Waals surface area (Å²) < 4.78 is 24.6. The number of benzene rings is 1. The Morgan fingerprint density at radius 3 is 2.17 bits per heavy atom. The first-order valence-electron chi connectivity index (χ1n) is 3.76. The van der Waals surface area contributed by atoms with Gasteiger partial charge in [0.05, 0.1) is 6.04 Å². The zero-order chi connectivity index (χ0) is 8.97. The summed E-state index contributed by atoms with van der Waals surface area (Å²) in [6.07, 6.45) is -2.36. The van der Waals surface area contributed by atoms with Gasteiger partial charge in [0, 0.05) is 0 Å². The fourth-order valence-corrected chi connectivity index (χ4v) is 1.10. The van der Waals surface area contributed by atoms with Crippen molar-refractivity contribution in [3.63, 3.8) is 0 Å². The highest BCUT2D eigenvalue weighted by atomic mass is 19.3. The van der Waals surface area contributed by atoms with Crippen LogP contribution in [0.25, 0.3) is 0 Å². The quantitative estimate of drug-likeness (QED) is 0.735. The molecular weight excluding hydrogens is 160 g/mol. The van der Waals surface area contributed by atoms with Crippen molar-refractivity contribution in [3.8, 4) is 0 Å². The van der Waals surface area contributed by atoms with Gasteiger partial charge in [-0.15, -0.1) is 0 Å². The molecule has 0 aromatic heterocycles. The largest absolute Gasteiger partial charge is 0.308 e. The van der Waals surface area contributed by atoms with Crippen LogP contribution in [0.2, 0.25) is 0 Å². The lowest BCUT2D eigenvalue weighted by molar-refractivity contribution is 0.102. The zero-order valence-electron chi connectivity index (χ0n) is 6.80. The standard InChI is InChI=1S/C9H11F2N/c1-12-8(9(10)11)7-5-3-2-4-6-7/h2-6,8-9,12H,1H3. The van der Waals surface area contributed by atoms with E-state index in [0.29, 0.717) is 5.56 Å². The predicted molar refractivity (Wildman–Crippen MR) is 44.2 cm³/mol. The minimum atomic E-state index is -2.36. The topological polar surface area (TPSA) is 12.0 Å². The Kier molecular flexibility index (Phi) is 3.17. The molecule has 12 heavy (non-hydrogen) atoms. The van der Waals surface area contributed by atoms with Crippen LogP contribution >= 0.6 is 0 Å². The third-order valence-corrected chi connectivity index (χ3v) is 1.72. The highest BCUT2D eigenvalue weighted by molar-refractivity contribution is 5.19. The molecule has 0 spiro atoms. The summed E-state index contributed by atoms with van der Waals surface area (Å²) in [4.78, 5) is 0. The maximum Gasteiger partial charge on any atom is 0.257 e. The number of alkyl halides is 2. The second-order valence-corrected chi connectivity index (χ2v) is 2.51. The number of rotatable bonds is 3. The average molecular weight is 171 g/mol. The lowest BCUT2D eigenvalue weighted by Gasteiger charge is -2.14. The van der Waals surface area contributed by atoms with E-state index in [1.54, 1.807) is 24.3 Å². The van der Waals surface area contributed by atoms with Crippen LogP contribution in [-0.4, -0.2) is 13.5 Å². The summed E-state index contributed by atoms with van der Waals surface area (Å²) in [7, 11) is 1.53. The molecule has 66 valence electrons. The van der Waals surface area contributed by atoms with Crippen molar-refractivity contribution in [3.05, 3.63) is 35.9 Å². The summed E-state index contributed by atoms with van der Waals surface area (Å²) in [5.74, 6) is 0. The van der Waals surface area contributed by atoms with E-state index in [-0.39, 0.29) is 0 Å². The minimum Gasteiger partial charge on any atom is -0.308 e. The number of hydrogen-bond acceptors (Lipinski definition) is 1. The van der Waals surface area contributed by atoms with E-state index in [0.717, 1.165) is 0 Å². The van der Waals surface area contributed by atoms with Gasteiger partial charge in [-0.2, -0.15) is 0 Å². The van der Waals surface area contributed by atoms with Gasteiger partial charge in [-0.25, -0.2) is 8.78 Å². The highest BCUT2D eigenvalue weighted by Gasteiger charge is 2.19. The van der Waals surface area contributed by atoms with E-state index in [1.807, 2.05) is 6.07 Å². The first-order chi connectivity index (χ1) is 5.75. The van der Waals surface area contributed by atoms with Crippen LogP contribution in [0.1, 0.15) is 11.6 Å². The monoisotopic (exact) mass is 171 g/mol. The molecule has 3 heteroatoms. The molecule has 0 heterocycles. The Hall–Kier alpha value is -0.960. The van der Waals surface area contributed by atoms with E-state index < -0.39 is 12.5 Å².